The van der Waals surface area contributed by atoms with Gasteiger partial charge < -0.3 is 4.90 Å². The van der Waals surface area contributed by atoms with Crippen LogP contribution in [0.15, 0.2) is 53.4 Å². The first-order valence-electron chi connectivity index (χ1n) is 11.0. The van der Waals surface area contributed by atoms with E-state index in [0.29, 0.717) is 24.5 Å². The normalized spacial score (nSPS) is 22.9. The maximum absolute atomic E-state index is 13.5. The lowest BCUT2D eigenvalue weighted by Gasteiger charge is -2.44. The zero-order valence-corrected chi connectivity index (χ0v) is 19.3. The van der Waals surface area contributed by atoms with Gasteiger partial charge in [-0.3, -0.25) is 9.69 Å². The van der Waals surface area contributed by atoms with Gasteiger partial charge in [-0.15, -0.1) is 0 Å². The minimum atomic E-state index is -3.59. The summed E-state index contributed by atoms with van der Waals surface area (Å²) in [5, 5.41) is 0. The van der Waals surface area contributed by atoms with Gasteiger partial charge in [0, 0.05) is 50.9 Å². The fraction of sp³-hybridized carbons (Fsp3) is 0.458. The summed E-state index contributed by atoms with van der Waals surface area (Å²) in [5.41, 5.74) is 3.01. The molecule has 0 N–H and O–H groups in total. The summed E-state index contributed by atoms with van der Waals surface area (Å²) in [7, 11) is -3.59. The van der Waals surface area contributed by atoms with Crippen LogP contribution in [0.25, 0.3) is 0 Å². The van der Waals surface area contributed by atoms with Crippen LogP contribution >= 0.6 is 0 Å². The predicted molar refractivity (Wildman–Crippen MR) is 122 cm³/mol. The molecule has 2 aliphatic rings. The number of rotatable bonds is 4. The number of sulfonamides is 1. The number of carbonyl (C=O) groups is 1. The smallest absolute Gasteiger partial charge is 0.243 e. The summed E-state index contributed by atoms with van der Waals surface area (Å²) < 4.78 is 28.6. The number of hydrogen-bond acceptors (Lipinski definition) is 4. The third-order valence-corrected chi connectivity index (χ3v) is 8.29. The number of carbonyl (C=O) groups excluding carboxylic acids is 1. The average Bonchev–Trinajstić information content (AvgIpc) is 2.75. The van der Waals surface area contributed by atoms with Crippen LogP contribution in [0.2, 0.25) is 0 Å². The van der Waals surface area contributed by atoms with E-state index in [1.54, 1.807) is 34.3 Å². The molecular weight excluding hydrogens is 410 g/mol. The molecule has 2 aliphatic heterocycles. The van der Waals surface area contributed by atoms with E-state index in [4.69, 9.17) is 0 Å². The molecule has 1 fully saturated rings. The number of nitrogens with zero attached hydrogens (tertiary/aromatic N) is 3. The zero-order valence-electron chi connectivity index (χ0n) is 18.5. The highest BCUT2D eigenvalue weighted by Crippen LogP contribution is 2.31. The molecule has 0 bridgehead atoms. The molecule has 2 aromatic carbocycles. The van der Waals surface area contributed by atoms with Crippen molar-refractivity contribution in [3.63, 3.8) is 0 Å². The number of anilines is 1. The predicted octanol–water partition coefficient (Wildman–Crippen LogP) is 3.27. The second kappa shape index (κ2) is 8.73. The van der Waals surface area contributed by atoms with Gasteiger partial charge in [-0.05, 0) is 56.0 Å². The second-order valence-corrected chi connectivity index (χ2v) is 10.7. The number of fused-ring (bicyclic) bond motifs is 1. The maximum atomic E-state index is 13.5. The summed E-state index contributed by atoms with van der Waals surface area (Å²) in [6, 6.07) is 15.8. The minimum Gasteiger partial charge on any atom is -0.312 e. The van der Waals surface area contributed by atoms with Crippen LogP contribution in [0.4, 0.5) is 5.69 Å². The van der Waals surface area contributed by atoms with Gasteiger partial charge >= 0.3 is 0 Å². The lowest BCUT2D eigenvalue weighted by molar-refractivity contribution is -0.116. The van der Waals surface area contributed by atoms with Crippen molar-refractivity contribution in [2.45, 2.75) is 57.1 Å². The first kappa shape index (κ1) is 22.0. The van der Waals surface area contributed by atoms with Gasteiger partial charge in [0.2, 0.25) is 15.9 Å². The summed E-state index contributed by atoms with van der Waals surface area (Å²) in [6.07, 6.45) is 1.64. The number of aryl methyl sites for hydroxylation is 1. The van der Waals surface area contributed by atoms with Crippen LogP contribution in [-0.2, 0) is 27.8 Å². The standard InChI is InChI=1S/C24H31N3O3S/c1-18-15-25(16-19(2)27(18)17-21-8-5-4-6-9-21)31(29,30)23-11-12-24-22(14-23)10-7-13-26(24)20(3)28/h4-6,8-9,11-12,14,18-19H,7,10,13,15-17H2,1-3H3. The molecule has 6 nitrogen and oxygen atoms in total. The third-order valence-electron chi connectivity index (χ3n) is 6.46. The lowest BCUT2D eigenvalue weighted by Crippen LogP contribution is -2.57. The van der Waals surface area contributed by atoms with Crippen molar-refractivity contribution < 1.29 is 13.2 Å². The number of piperazine rings is 1. The lowest BCUT2D eigenvalue weighted by atomic mass is 10.0. The molecule has 0 aliphatic carbocycles. The fourth-order valence-corrected chi connectivity index (χ4v) is 6.47. The van der Waals surface area contributed by atoms with Crippen molar-refractivity contribution in [1.29, 1.82) is 0 Å². The van der Waals surface area contributed by atoms with Crippen molar-refractivity contribution in [2.24, 2.45) is 0 Å². The van der Waals surface area contributed by atoms with Gasteiger partial charge in [0.25, 0.3) is 0 Å². The van der Waals surface area contributed by atoms with E-state index in [0.717, 1.165) is 30.6 Å². The highest BCUT2D eigenvalue weighted by Gasteiger charge is 2.36. The Bertz CT molecular complexity index is 1040. The van der Waals surface area contributed by atoms with Gasteiger partial charge in [0.1, 0.15) is 0 Å². The van der Waals surface area contributed by atoms with Crippen LogP contribution in [0, 0.1) is 0 Å². The van der Waals surface area contributed by atoms with Crippen LogP contribution in [0.3, 0.4) is 0 Å². The van der Waals surface area contributed by atoms with Gasteiger partial charge in [0.05, 0.1) is 4.90 Å². The van der Waals surface area contributed by atoms with Crippen LogP contribution in [-0.4, -0.2) is 55.2 Å². The van der Waals surface area contributed by atoms with Crippen molar-refractivity contribution in [3.05, 3.63) is 59.7 Å². The molecule has 0 radical (unpaired) electrons. The molecule has 0 spiro atoms. The Balaban J connectivity index is 1.54. The van der Waals surface area contributed by atoms with Crippen LogP contribution in [0.5, 0.6) is 0 Å². The molecule has 166 valence electrons. The Morgan fingerprint density at radius 2 is 1.71 bits per heavy atom. The van der Waals surface area contributed by atoms with Crippen molar-refractivity contribution in [2.75, 3.05) is 24.5 Å². The largest absolute Gasteiger partial charge is 0.312 e. The summed E-state index contributed by atoms with van der Waals surface area (Å²) in [6.45, 7) is 8.19. The molecule has 0 saturated carbocycles. The highest BCUT2D eigenvalue weighted by molar-refractivity contribution is 7.89. The first-order valence-corrected chi connectivity index (χ1v) is 12.4. The molecule has 2 aromatic rings. The van der Waals surface area contributed by atoms with Gasteiger partial charge in [-0.2, -0.15) is 4.31 Å². The van der Waals surface area contributed by atoms with Crippen LogP contribution < -0.4 is 4.90 Å². The van der Waals surface area contributed by atoms with E-state index in [1.807, 2.05) is 18.2 Å². The summed E-state index contributed by atoms with van der Waals surface area (Å²) in [5.74, 6) is -0.00579. The molecule has 1 saturated heterocycles. The quantitative estimate of drug-likeness (QED) is 0.731. The summed E-state index contributed by atoms with van der Waals surface area (Å²) >= 11 is 0. The maximum Gasteiger partial charge on any atom is 0.243 e. The van der Waals surface area contributed by atoms with E-state index in [1.165, 1.54) is 5.56 Å². The van der Waals surface area contributed by atoms with Gasteiger partial charge in [-0.1, -0.05) is 30.3 Å². The number of benzene rings is 2. The third kappa shape index (κ3) is 4.40. The molecule has 31 heavy (non-hydrogen) atoms. The number of hydrogen-bond donors (Lipinski definition) is 0. The Labute approximate surface area is 185 Å². The average molecular weight is 442 g/mol. The molecule has 4 rings (SSSR count). The molecule has 2 unspecified atom stereocenters. The molecule has 2 heterocycles. The Hall–Kier alpha value is -2.22. The topological polar surface area (TPSA) is 60.9 Å². The molecule has 7 heteroatoms. The fourth-order valence-electron chi connectivity index (χ4n) is 4.82. The van der Waals surface area contributed by atoms with Gasteiger partial charge in [-0.25, -0.2) is 8.42 Å². The van der Waals surface area contributed by atoms with E-state index < -0.39 is 10.0 Å². The van der Waals surface area contributed by atoms with Crippen molar-refractivity contribution in [3.8, 4) is 0 Å². The van der Waals surface area contributed by atoms with E-state index in [9.17, 15) is 13.2 Å². The molecular formula is C24H31N3O3S. The Morgan fingerprint density at radius 1 is 1.03 bits per heavy atom. The van der Waals surface area contributed by atoms with E-state index in [-0.39, 0.29) is 18.0 Å². The Morgan fingerprint density at radius 3 is 2.35 bits per heavy atom. The molecule has 2 atom stereocenters. The molecule has 1 amide bonds. The second-order valence-electron chi connectivity index (χ2n) is 8.74. The summed E-state index contributed by atoms with van der Waals surface area (Å²) in [4.78, 5) is 16.4. The van der Waals surface area contributed by atoms with E-state index >= 15 is 0 Å². The van der Waals surface area contributed by atoms with E-state index in [2.05, 4.69) is 30.9 Å². The number of amides is 1. The highest BCUT2D eigenvalue weighted by atomic mass is 32.2. The minimum absolute atomic E-state index is 0.00579. The van der Waals surface area contributed by atoms with Crippen LogP contribution in [0.1, 0.15) is 38.3 Å². The van der Waals surface area contributed by atoms with Crippen molar-refractivity contribution >= 4 is 21.6 Å². The van der Waals surface area contributed by atoms with Gasteiger partial charge in [0.15, 0.2) is 0 Å². The zero-order chi connectivity index (χ0) is 22.2. The van der Waals surface area contributed by atoms with Crippen molar-refractivity contribution in [1.82, 2.24) is 9.21 Å². The monoisotopic (exact) mass is 441 g/mol. The molecule has 0 aromatic heterocycles. The Kier molecular flexibility index (Phi) is 6.19. The SMILES string of the molecule is CC(=O)N1CCCc2cc(S(=O)(=O)N3CC(C)N(Cc4ccccc4)C(C)C3)ccc21. The first-order chi connectivity index (χ1) is 14.8.